The standard InChI is InChI=1S/C16H20N2O3S/c1-9(2)21-15-6-5-12(16(19)20)7-13(15)17-8-14-10(3)22-11(4)18-14/h5-7,9,17H,8H2,1-4H3,(H,19,20). The van der Waals surface area contributed by atoms with E-state index in [1.165, 1.54) is 0 Å². The molecule has 0 saturated heterocycles. The molecule has 0 aliphatic heterocycles. The smallest absolute Gasteiger partial charge is 0.335 e. The number of hydrogen-bond donors (Lipinski definition) is 2. The maximum Gasteiger partial charge on any atom is 0.335 e. The number of aromatic carboxylic acids is 1. The second kappa shape index (κ2) is 6.79. The molecule has 0 saturated carbocycles. The van der Waals surface area contributed by atoms with Gasteiger partial charge in [0, 0.05) is 4.88 Å². The van der Waals surface area contributed by atoms with Gasteiger partial charge in [-0.1, -0.05) is 0 Å². The Kier molecular flexibility index (Phi) is 5.03. The molecule has 0 radical (unpaired) electrons. The molecule has 118 valence electrons. The topological polar surface area (TPSA) is 71.5 Å². The Labute approximate surface area is 134 Å². The van der Waals surface area contributed by atoms with Crippen LogP contribution in [0.25, 0.3) is 0 Å². The number of ether oxygens (including phenoxy) is 1. The molecule has 0 aliphatic rings. The molecule has 0 aliphatic carbocycles. The average molecular weight is 320 g/mol. The van der Waals surface area contributed by atoms with Crippen molar-refractivity contribution in [3.63, 3.8) is 0 Å². The summed E-state index contributed by atoms with van der Waals surface area (Å²) in [6.45, 7) is 8.40. The zero-order chi connectivity index (χ0) is 16.3. The fraction of sp³-hybridized carbons (Fsp3) is 0.375. The van der Waals surface area contributed by atoms with Gasteiger partial charge in [0.25, 0.3) is 0 Å². The van der Waals surface area contributed by atoms with Crippen molar-refractivity contribution in [2.75, 3.05) is 5.32 Å². The Morgan fingerprint density at radius 1 is 1.41 bits per heavy atom. The second-order valence-corrected chi connectivity index (χ2v) is 6.68. The van der Waals surface area contributed by atoms with Crippen LogP contribution in [0.2, 0.25) is 0 Å². The lowest BCUT2D eigenvalue weighted by atomic mass is 10.2. The van der Waals surface area contributed by atoms with E-state index in [1.807, 2.05) is 27.7 Å². The summed E-state index contributed by atoms with van der Waals surface area (Å²) in [5.41, 5.74) is 1.86. The van der Waals surface area contributed by atoms with E-state index in [-0.39, 0.29) is 11.7 Å². The van der Waals surface area contributed by atoms with Crippen molar-refractivity contribution in [3.8, 4) is 5.75 Å². The number of aryl methyl sites for hydroxylation is 2. The van der Waals surface area contributed by atoms with Gasteiger partial charge >= 0.3 is 5.97 Å². The van der Waals surface area contributed by atoms with E-state index < -0.39 is 5.97 Å². The van der Waals surface area contributed by atoms with Gasteiger partial charge in [0.15, 0.2) is 0 Å². The molecule has 0 atom stereocenters. The van der Waals surface area contributed by atoms with Crippen LogP contribution < -0.4 is 10.1 Å². The lowest BCUT2D eigenvalue weighted by Crippen LogP contribution is -2.10. The number of nitrogens with one attached hydrogen (secondary N) is 1. The highest BCUT2D eigenvalue weighted by molar-refractivity contribution is 7.11. The molecule has 0 fully saturated rings. The predicted octanol–water partition coefficient (Wildman–Crippen LogP) is 3.86. The summed E-state index contributed by atoms with van der Waals surface area (Å²) < 4.78 is 5.73. The largest absolute Gasteiger partial charge is 0.489 e. The van der Waals surface area contributed by atoms with E-state index in [9.17, 15) is 4.79 Å². The summed E-state index contributed by atoms with van der Waals surface area (Å²) in [6, 6.07) is 4.82. The fourth-order valence-corrected chi connectivity index (χ4v) is 2.91. The minimum Gasteiger partial charge on any atom is -0.489 e. The third-order valence-corrected chi connectivity index (χ3v) is 3.96. The van der Waals surface area contributed by atoms with E-state index in [0.29, 0.717) is 18.0 Å². The van der Waals surface area contributed by atoms with Gasteiger partial charge in [-0.15, -0.1) is 11.3 Å². The van der Waals surface area contributed by atoms with Crippen LogP contribution in [0, 0.1) is 13.8 Å². The number of aromatic nitrogens is 1. The van der Waals surface area contributed by atoms with Gasteiger partial charge < -0.3 is 15.2 Å². The Hall–Kier alpha value is -2.08. The van der Waals surface area contributed by atoms with Gasteiger partial charge in [-0.2, -0.15) is 0 Å². The van der Waals surface area contributed by atoms with Gasteiger partial charge in [-0.25, -0.2) is 9.78 Å². The highest BCUT2D eigenvalue weighted by atomic mass is 32.1. The van der Waals surface area contributed by atoms with Crippen LogP contribution in [0.4, 0.5) is 5.69 Å². The zero-order valence-corrected chi connectivity index (χ0v) is 14.0. The summed E-state index contributed by atoms with van der Waals surface area (Å²) in [4.78, 5) is 16.8. The third-order valence-electron chi connectivity index (χ3n) is 3.04. The Morgan fingerprint density at radius 2 is 2.14 bits per heavy atom. The molecule has 2 N–H and O–H groups in total. The maximum absolute atomic E-state index is 11.1. The second-order valence-electron chi connectivity index (χ2n) is 5.27. The van der Waals surface area contributed by atoms with Crippen LogP contribution in [0.3, 0.4) is 0 Å². The first-order valence-corrected chi connectivity index (χ1v) is 7.89. The van der Waals surface area contributed by atoms with Crippen molar-refractivity contribution in [2.24, 2.45) is 0 Å². The average Bonchev–Trinajstić information content (AvgIpc) is 2.75. The molecule has 0 bridgehead atoms. The quantitative estimate of drug-likeness (QED) is 0.845. The van der Waals surface area contributed by atoms with Crippen molar-refractivity contribution in [2.45, 2.75) is 40.3 Å². The minimum atomic E-state index is -0.958. The minimum absolute atomic E-state index is 0.0134. The first-order chi connectivity index (χ1) is 10.4. The molecule has 6 heteroatoms. The molecular weight excluding hydrogens is 300 g/mol. The van der Waals surface area contributed by atoms with E-state index in [0.717, 1.165) is 15.6 Å². The molecule has 1 aromatic carbocycles. The summed E-state index contributed by atoms with van der Waals surface area (Å²) in [6.07, 6.45) is 0.0134. The number of carboxylic acid groups (broad SMARTS) is 1. The molecule has 0 amide bonds. The van der Waals surface area contributed by atoms with E-state index in [1.54, 1.807) is 29.5 Å². The van der Waals surface area contributed by atoms with Crippen molar-refractivity contribution >= 4 is 23.0 Å². The molecule has 2 rings (SSSR count). The molecule has 5 nitrogen and oxygen atoms in total. The van der Waals surface area contributed by atoms with Crippen LogP contribution in [-0.4, -0.2) is 22.2 Å². The number of carboxylic acids is 1. The predicted molar refractivity (Wildman–Crippen MR) is 88.1 cm³/mol. The molecule has 0 unspecified atom stereocenters. The van der Waals surface area contributed by atoms with E-state index >= 15 is 0 Å². The number of nitrogens with zero attached hydrogens (tertiary/aromatic N) is 1. The van der Waals surface area contributed by atoms with Gasteiger partial charge in [-0.3, -0.25) is 0 Å². The summed E-state index contributed by atoms with van der Waals surface area (Å²) in [5, 5.41) is 13.4. The van der Waals surface area contributed by atoms with Crippen molar-refractivity contribution in [1.29, 1.82) is 0 Å². The molecule has 0 spiro atoms. The van der Waals surface area contributed by atoms with Crippen LogP contribution in [-0.2, 0) is 6.54 Å². The van der Waals surface area contributed by atoms with Crippen LogP contribution >= 0.6 is 11.3 Å². The van der Waals surface area contributed by atoms with E-state index in [4.69, 9.17) is 9.84 Å². The first kappa shape index (κ1) is 16.3. The van der Waals surface area contributed by atoms with Crippen LogP contribution in [0.5, 0.6) is 5.75 Å². The summed E-state index contributed by atoms with van der Waals surface area (Å²) in [5.74, 6) is -0.315. The fourth-order valence-electron chi connectivity index (χ4n) is 2.07. The number of rotatable bonds is 6. The van der Waals surface area contributed by atoms with Crippen LogP contribution in [0.15, 0.2) is 18.2 Å². The molecule has 2 aromatic rings. The SMILES string of the molecule is Cc1nc(CNc2cc(C(=O)O)ccc2OC(C)C)c(C)s1. The Balaban J connectivity index is 2.24. The summed E-state index contributed by atoms with van der Waals surface area (Å²) in [7, 11) is 0. The molecular formula is C16H20N2O3S. The van der Waals surface area contributed by atoms with E-state index in [2.05, 4.69) is 10.3 Å². The molecule has 1 heterocycles. The number of carbonyl (C=O) groups is 1. The van der Waals surface area contributed by atoms with Gasteiger partial charge in [0.2, 0.25) is 0 Å². The lowest BCUT2D eigenvalue weighted by Gasteiger charge is -2.16. The normalized spacial score (nSPS) is 10.8. The number of benzene rings is 1. The molecule has 22 heavy (non-hydrogen) atoms. The van der Waals surface area contributed by atoms with Crippen molar-refractivity contribution < 1.29 is 14.6 Å². The number of thiazole rings is 1. The van der Waals surface area contributed by atoms with Crippen molar-refractivity contribution in [1.82, 2.24) is 4.98 Å². The van der Waals surface area contributed by atoms with Gasteiger partial charge in [0.05, 0.1) is 34.6 Å². The monoisotopic (exact) mass is 320 g/mol. The maximum atomic E-state index is 11.1. The molecule has 1 aromatic heterocycles. The number of anilines is 1. The Morgan fingerprint density at radius 3 is 2.68 bits per heavy atom. The van der Waals surface area contributed by atoms with Crippen molar-refractivity contribution in [3.05, 3.63) is 39.3 Å². The van der Waals surface area contributed by atoms with Gasteiger partial charge in [-0.05, 0) is 45.9 Å². The van der Waals surface area contributed by atoms with Gasteiger partial charge in [0.1, 0.15) is 5.75 Å². The highest BCUT2D eigenvalue weighted by Gasteiger charge is 2.12. The lowest BCUT2D eigenvalue weighted by molar-refractivity contribution is 0.0697. The zero-order valence-electron chi connectivity index (χ0n) is 13.1. The highest BCUT2D eigenvalue weighted by Crippen LogP contribution is 2.28. The summed E-state index contributed by atoms with van der Waals surface area (Å²) >= 11 is 1.65. The number of hydrogen-bond acceptors (Lipinski definition) is 5. The third kappa shape index (κ3) is 3.98. The Bertz CT molecular complexity index is 680. The van der Waals surface area contributed by atoms with Crippen LogP contribution in [0.1, 0.15) is 39.8 Å². The first-order valence-electron chi connectivity index (χ1n) is 7.07.